The van der Waals surface area contributed by atoms with Gasteiger partial charge in [0.25, 0.3) is 0 Å². The van der Waals surface area contributed by atoms with Crippen LogP contribution in [0.15, 0.2) is 58.0 Å². The Hall–Kier alpha value is -1.13. The van der Waals surface area contributed by atoms with Crippen molar-refractivity contribution in [3.63, 3.8) is 0 Å². The average Bonchev–Trinajstić information content (AvgIpc) is 2.39. The van der Waals surface area contributed by atoms with E-state index in [0.717, 1.165) is 15.1 Å². The van der Waals surface area contributed by atoms with Crippen molar-refractivity contribution in [1.29, 1.82) is 0 Å². The quantitative estimate of drug-likeness (QED) is 0.786. The molecule has 0 fully saturated rings. The summed E-state index contributed by atoms with van der Waals surface area (Å²) < 4.78 is 1.03. The molecule has 2 aromatic rings. The second kappa shape index (κ2) is 6.71. The minimum Gasteiger partial charge on any atom is -0.298 e. The van der Waals surface area contributed by atoms with Gasteiger partial charge in [-0.2, -0.15) is 0 Å². The molecule has 0 unspecified atom stereocenters. The molecule has 1 aromatic carbocycles. The average molecular weight is 322 g/mol. The number of thioether (sulfide) groups is 1. The molecule has 0 amide bonds. The summed E-state index contributed by atoms with van der Waals surface area (Å²) in [6.45, 7) is 0. The minimum atomic E-state index is 0.189. The number of nitrogens with zero attached hydrogens (tertiary/aromatic N) is 1. The maximum absolute atomic E-state index is 11.8. The molecule has 0 aliphatic heterocycles. The normalized spacial score (nSPS) is 10.3. The molecule has 2 nitrogen and oxygen atoms in total. The van der Waals surface area contributed by atoms with Crippen LogP contribution < -0.4 is 0 Å². The summed E-state index contributed by atoms with van der Waals surface area (Å²) in [5.41, 5.74) is 0.829. The molecule has 1 heterocycles. The van der Waals surface area contributed by atoms with Gasteiger partial charge in [0.2, 0.25) is 0 Å². The van der Waals surface area contributed by atoms with Crippen LogP contribution in [-0.2, 0) is 11.2 Å². The Balaban J connectivity index is 1.88. The lowest BCUT2D eigenvalue weighted by atomic mass is 10.2. The second-order valence-electron chi connectivity index (χ2n) is 3.76. The SMILES string of the molecule is O=C(CSc1ccccc1Br)Cc1ccccn1. The van der Waals surface area contributed by atoms with Crippen LogP contribution in [0.4, 0.5) is 0 Å². The Labute approximate surface area is 119 Å². The molecule has 0 bridgehead atoms. The maximum atomic E-state index is 11.8. The molecule has 0 atom stereocenters. The Morgan fingerprint density at radius 3 is 2.67 bits per heavy atom. The molecular weight excluding hydrogens is 310 g/mol. The molecule has 0 saturated heterocycles. The first kappa shape index (κ1) is 13.3. The van der Waals surface area contributed by atoms with Gasteiger partial charge in [-0.05, 0) is 40.2 Å². The molecule has 0 N–H and O–H groups in total. The fraction of sp³-hybridized carbons (Fsp3) is 0.143. The largest absolute Gasteiger partial charge is 0.298 e. The molecule has 0 aliphatic rings. The Morgan fingerprint density at radius 2 is 1.94 bits per heavy atom. The third-order valence-corrected chi connectivity index (χ3v) is 4.42. The van der Waals surface area contributed by atoms with Crippen molar-refractivity contribution < 1.29 is 4.79 Å². The summed E-state index contributed by atoms with van der Waals surface area (Å²) in [5, 5.41) is 0. The summed E-state index contributed by atoms with van der Waals surface area (Å²) in [5.74, 6) is 0.661. The van der Waals surface area contributed by atoms with Crippen LogP contribution in [0, 0.1) is 0 Å². The lowest BCUT2D eigenvalue weighted by Crippen LogP contribution is -2.06. The Kier molecular flexibility index (Phi) is 4.96. The van der Waals surface area contributed by atoms with Crippen LogP contribution in [0.2, 0.25) is 0 Å². The van der Waals surface area contributed by atoms with Crippen LogP contribution in [0.5, 0.6) is 0 Å². The highest BCUT2D eigenvalue weighted by molar-refractivity contribution is 9.10. The monoisotopic (exact) mass is 321 g/mol. The molecule has 1 aromatic heterocycles. The number of ketones is 1. The molecule has 18 heavy (non-hydrogen) atoms. The summed E-state index contributed by atoms with van der Waals surface area (Å²) >= 11 is 5.02. The van der Waals surface area contributed by atoms with Crippen molar-refractivity contribution in [3.8, 4) is 0 Å². The van der Waals surface area contributed by atoms with Crippen molar-refractivity contribution in [2.24, 2.45) is 0 Å². The van der Waals surface area contributed by atoms with Gasteiger partial charge in [0.15, 0.2) is 0 Å². The van der Waals surface area contributed by atoms with Crippen molar-refractivity contribution in [3.05, 3.63) is 58.8 Å². The highest BCUT2D eigenvalue weighted by atomic mass is 79.9. The number of carbonyl (C=O) groups is 1. The lowest BCUT2D eigenvalue weighted by Gasteiger charge is -2.03. The van der Waals surface area contributed by atoms with Gasteiger partial charge in [0.05, 0.1) is 5.75 Å². The molecule has 0 saturated carbocycles. The van der Waals surface area contributed by atoms with Crippen LogP contribution in [-0.4, -0.2) is 16.5 Å². The van der Waals surface area contributed by atoms with E-state index < -0.39 is 0 Å². The molecule has 0 aliphatic carbocycles. The zero-order chi connectivity index (χ0) is 12.8. The highest BCUT2D eigenvalue weighted by Crippen LogP contribution is 2.26. The fourth-order valence-electron chi connectivity index (χ4n) is 1.48. The lowest BCUT2D eigenvalue weighted by molar-refractivity contribution is -0.116. The third kappa shape index (κ3) is 3.96. The van der Waals surface area contributed by atoms with Gasteiger partial charge < -0.3 is 0 Å². The van der Waals surface area contributed by atoms with E-state index in [-0.39, 0.29) is 5.78 Å². The van der Waals surface area contributed by atoms with E-state index in [1.807, 2.05) is 42.5 Å². The van der Waals surface area contributed by atoms with E-state index in [1.54, 1.807) is 18.0 Å². The first-order valence-electron chi connectivity index (χ1n) is 5.54. The predicted molar refractivity (Wildman–Crippen MR) is 77.8 cm³/mol. The van der Waals surface area contributed by atoms with E-state index in [1.165, 1.54) is 0 Å². The summed E-state index contributed by atoms with van der Waals surface area (Å²) in [4.78, 5) is 17.1. The van der Waals surface area contributed by atoms with E-state index in [0.29, 0.717) is 12.2 Å². The number of halogens is 1. The van der Waals surface area contributed by atoms with Crippen LogP contribution in [0.25, 0.3) is 0 Å². The number of Topliss-reactive ketones (excluding diaryl/α,β-unsaturated/α-hetero) is 1. The number of pyridine rings is 1. The smallest absolute Gasteiger partial charge is 0.149 e. The number of rotatable bonds is 5. The van der Waals surface area contributed by atoms with E-state index in [2.05, 4.69) is 20.9 Å². The van der Waals surface area contributed by atoms with Gasteiger partial charge in [-0.25, -0.2) is 0 Å². The van der Waals surface area contributed by atoms with Crippen molar-refractivity contribution in [2.45, 2.75) is 11.3 Å². The summed E-state index contributed by atoms with van der Waals surface area (Å²) in [6, 6.07) is 13.5. The molecule has 2 rings (SSSR count). The zero-order valence-electron chi connectivity index (χ0n) is 9.67. The number of benzene rings is 1. The van der Waals surface area contributed by atoms with E-state index >= 15 is 0 Å². The van der Waals surface area contributed by atoms with Gasteiger partial charge in [0.1, 0.15) is 5.78 Å². The topological polar surface area (TPSA) is 30.0 Å². The summed E-state index contributed by atoms with van der Waals surface area (Å²) in [6.07, 6.45) is 2.11. The highest BCUT2D eigenvalue weighted by Gasteiger charge is 2.07. The van der Waals surface area contributed by atoms with Crippen LogP contribution in [0.1, 0.15) is 5.69 Å². The van der Waals surface area contributed by atoms with E-state index in [9.17, 15) is 4.79 Å². The van der Waals surface area contributed by atoms with Crippen molar-refractivity contribution in [2.75, 3.05) is 5.75 Å². The number of aromatic nitrogens is 1. The Morgan fingerprint density at radius 1 is 1.17 bits per heavy atom. The predicted octanol–water partition coefficient (Wildman–Crippen LogP) is 3.75. The van der Waals surface area contributed by atoms with Gasteiger partial charge in [-0.15, -0.1) is 11.8 Å². The standard InChI is InChI=1S/C14H12BrNOS/c15-13-6-1-2-7-14(13)18-10-12(17)9-11-5-3-4-8-16-11/h1-8H,9-10H2. The molecule has 0 radical (unpaired) electrons. The maximum Gasteiger partial charge on any atom is 0.149 e. The first-order chi connectivity index (χ1) is 8.75. The van der Waals surface area contributed by atoms with Gasteiger partial charge in [-0.1, -0.05) is 18.2 Å². The summed E-state index contributed by atoms with van der Waals surface area (Å²) in [7, 11) is 0. The molecule has 4 heteroatoms. The second-order valence-corrected chi connectivity index (χ2v) is 5.63. The molecule has 0 spiro atoms. The number of carbonyl (C=O) groups excluding carboxylic acids is 1. The third-order valence-electron chi connectivity index (χ3n) is 2.33. The Bertz CT molecular complexity index is 530. The van der Waals surface area contributed by atoms with Gasteiger partial charge >= 0.3 is 0 Å². The number of hydrogen-bond donors (Lipinski definition) is 0. The minimum absolute atomic E-state index is 0.189. The van der Waals surface area contributed by atoms with Gasteiger partial charge in [-0.3, -0.25) is 9.78 Å². The van der Waals surface area contributed by atoms with Crippen LogP contribution in [0.3, 0.4) is 0 Å². The van der Waals surface area contributed by atoms with Crippen molar-refractivity contribution in [1.82, 2.24) is 4.98 Å². The van der Waals surface area contributed by atoms with Gasteiger partial charge in [0, 0.05) is 27.7 Å². The zero-order valence-corrected chi connectivity index (χ0v) is 12.1. The molecular formula is C14H12BrNOS. The van der Waals surface area contributed by atoms with Crippen LogP contribution >= 0.6 is 27.7 Å². The first-order valence-corrected chi connectivity index (χ1v) is 7.32. The number of hydrogen-bond acceptors (Lipinski definition) is 3. The van der Waals surface area contributed by atoms with E-state index in [4.69, 9.17) is 0 Å². The molecule has 92 valence electrons. The van der Waals surface area contributed by atoms with Crippen molar-refractivity contribution >= 4 is 33.5 Å². The fourth-order valence-corrected chi connectivity index (χ4v) is 2.90.